The van der Waals surface area contributed by atoms with E-state index in [2.05, 4.69) is 4.99 Å². The summed E-state index contributed by atoms with van der Waals surface area (Å²) in [6.45, 7) is 3.47. The molecule has 2 aliphatic rings. The van der Waals surface area contributed by atoms with Crippen LogP contribution in [0.25, 0.3) is 0 Å². The molecule has 0 bridgehead atoms. The third-order valence-electron chi connectivity index (χ3n) is 8.17. The van der Waals surface area contributed by atoms with Gasteiger partial charge in [0.2, 0.25) is 0 Å². The smallest absolute Gasteiger partial charge is 0.280 e. The Morgan fingerprint density at radius 2 is 1.04 bits per heavy atom. The maximum absolute atomic E-state index is 12.8. The number of nitrogens with zero attached hydrogens (tertiary/aromatic N) is 1. The van der Waals surface area contributed by atoms with E-state index in [0.29, 0.717) is 49.7 Å². The van der Waals surface area contributed by atoms with E-state index in [1.54, 1.807) is 13.8 Å². The predicted molar refractivity (Wildman–Crippen MR) is 178 cm³/mol. The maximum Gasteiger partial charge on any atom is 0.280 e. The average molecular weight is 752 g/mol. The van der Waals surface area contributed by atoms with Gasteiger partial charge in [0.05, 0.1) is 30.1 Å². The van der Waals surface area contributed by atoms with Crippen LogP contribution in [0.15, 0.2) is 48.8 Å². The molecular formula is C29H38ClN3O10S4. The van der Waals surface area contributed by atoms with Crippen molar-refractivity contribution in [3.8, 4) is 0 Å². The minimum Gasteiger partial charge on any atom is -0.370 e. The summed E-state index contributed by atoms with van der Waals surface area (Å²) in [7, 11) is -15.2. The Kier molecular flexibility index (Phi) is 11.8. The van der Waals surface area contributed by atoms with E-state index in [-0.39, 0.29) is 25.8 Å². The van der Waals surface area contributed by atoms with E-state index in [9.17, 15) is 43.3 Å². The van der Waals surface area contributed by atoms with Gasteiger partial charge in [-0.3, -0.25) is 9.59 Å². The number of carbonyl (C=O) groups excluding carboxylic acids is 2. The van der Waals surface area contributed by atoms with E-state index < -0.39 is 71.9 Å². The van der Waals surface area contributed by atoms with Crippen LogP contribution >= 0.6 is 11.6 Å². The first-order valence-corrected chi connectivity index (χ1v) is 21.9. The van der Waals surface area contributed by atoms with Gasteiger partial charge in [0, 0.05) is 23.6 Å². The van der Waals surface area contributed by atoms with Crippen molar-refractivity contribution in [1.82, 2.24) is 0 Å². The van der Waals surface area contributed by atoms with Gasteiger partial charge in [-0.25, -0.2) is 33.7 Å². The van der Waals surface area contributed by atoms with Crippen LogP contribution in [0.3, 0.4) is 0 Å². The fourth-order valence-electron chi connectivity index (χ4n) is 5.09. The second-order valence-corrected chi connectivity index (χ2v) is 20.2. The Morgan fingerprint density at radius 1 is 0.681 bits per heavy atom. The molecule has 2 aromatic rings. The summed E-state index contributed by atoms with van der Waals surface area (Å²) in [6, 6.07) is 4.71. The van der Waals surface area contributed by atoms with Crippen LogP contribution in [0.1, 0.15) is 84.2 Å². The van der Waals surface area contributed by atoms with Crippen molar-refractivity contribution in [2.45, 2.75) is 95.3 Å². The Bertz CT molecular complexity index is 2060. The number of guanidine groups is 1. The highest BCUT2D eigenvalue weighted by Gasteiger charge is 2.38. The van der Waals surface area contributed by atoms with Crippen LogP contribution < -0.4 is 11.5 Å². The van der Waals surface area contributed by atoms with Crippen molar-refractivity contribution >= 4 is 68.1 Å². The molecule has 0 heterocycles. The molecule has 260 valence electrons. The summed E-state index contributed by atoms with van der Waals surface area (Å²) in [5, 5.41) is -1.93. The summed E-state index contributed by atoms with van der Waals surface area (Å²) >= 11 is 5.49. The molecule has 47 heavy (non-hydrogen) atoms. The zero-order chi connectivity index (χ0) is 35.7. The molecule has 13 nitrogen and oxygen atoms in total. The topological polar surface area (TPSA) is 235 Å². The normalized spacial score (nSPS) is 15.9. The number of aliphatic imine (C=N–C) groups is 1. The molecule has 0 saturated heterocycles. The van der Waals surface area contributed by atoms with Gasteiger partial charge in [0.15, 0.2) is 45.3 Å². The minimum atomic E-state index is -3.89. The van der Waals surface area contributed by atoms with E-state index >= 15 is 0 Å². The summed E-state index contributed by atoms with van der Waals surface area (Å²) in [4.78, 5) is 25.9. The summed E-state index contributed by atoms with van der Waals surface area (Å²) in [6.07, 6.45) is 6.20. The van der Waals surface area contributed by atoms with E-state index in [4.69, 9.17) is 23.1 Å². The zero-order valence-electron chi connectivity index (χ0n) is 26.3. The number of aryl methyl sites for hydroxylation is 2. The molecule has 4 rings (SSSR count). The Hall–Kier alpha value is -2.86. The van der Waals surface area contributed by atoms with E-state index in [1.807, 2.05) is 0 Å². The van der Waals surface area contributed by atoms with Crippen LogP contribution in [-0.4, -0.2) is 73.8 Å². The number of hydrogen-bond donors (Lipinski definition) is 2. The van der Waals surface area contributed by atoms with Crippen LogP contribution in [0, 0.1) is 0 Å². The fourth-order valence-corrected chi connectivity index (χ4v) is 12.3. The third-order valence-corrected chi connectivity index (χ3v) is 15.5. The lowest BCUT2D eigenvalue weighted by atomic mass is 10.00. The Morgan fingerprint density at radius 3 is 1.32 bits per heavy atom. The molecule has 0 aliphatic heterocycles. The van der Waals surface area contributed by atoms with Crippen LogP contribution in [0.4, 0.5) is 0 Å². The molecule has 2 aliphatic carbocycles. The van der Waals surface area contributed by atoms with Crippen LogP contribution in [0.5, 0.6) is 0 Å². The molecule has 1 amide bonds. The molecule has 18 heteroatoms. The largest absolute Gasteiger partial charge is 0.370 e. The average Bonchev–Trinajstić information content (AvgIpc) is 2.87. The van der Waals surface area contributed by atoms with Gasteiger partial charge in [0.1, 0.15) is 0 Å². The van der Waals surface area contributed by atoms with E-state index in [1.165, 1.54) is 12.1 Å². The molecule has 0 atom stereocenters. The third kappa shape index (κ3) is 8.42. The number of carbonyl (C=O) groups is 2. The first kappa shape index (κ1) is 38.6. The van der Waals surface area contributed by atoms with Crippen molar-refractivity contribution in [2.24, 2.45) is 16.5 Å². The van der Waals surface area contributed by atoms with Crippen molar-refractivity contribution in [3.63, 3.8) is 0 Å². The van der Waals surface area contributed by atoms with Crippen molar-refractivity contribution in [1.29, 1.82) is 0 Å². The maximum atomic E-state index is 12.8. The monoisotopic (exact) mass is 751 g/mol. The van der Waals surface area contributed by atoms with E-state index in [0.717, 1.165) is 37.5 Å². The van der Waals surface area contributed by atoms with Gasteiger partial charge in [-0.15, -0.1) is 0 Å². The zero-order valence-corrected chi connectivity index (χ0v) is 30.3. The van der Waals surface area contributed by atoms with Gasteiger partial charge in [-0.05, 0) is 85.5 Å². The molecule has 0 unspecified atom stereocenters. The van der Waals surface area contributed by atoms with Crippen LogP contribution in [0.2, 0.25) is 0 Å². The number of benzene rings is 2. The van der Waals surface area contributed by atoms with Gasteiger partial charge in [-0.2, -0.15) is 4.99 Å². The molecule has 0 spiro atoms. The fraction of sp³-hybridized carbons (Fsp3) is 0.483. The summed E-state index contributed by atoms with van der Waals surface area (Å²) < 4.78 is 99.2. The lowest BCUT2D eigenvalue weighted by molar-refractivity contribution is 0.100. The number of nitrogens with two attached hydrogens (primary N) is 2. The number of amides is 1. The molecule has 2 saturated carbocycles. The Labute approximate surface area is 280 Å². The quantitative estimate of drug-likeness (QED) is 0.203. The highest BCUT2D eigenvalue weighted by atomic mass is 35.5. The van der Waals surface area contributed by atoms with Crippen molar-refractivity contribution < 1.29 is 43.3 Å². The summed E-state index contributed by atoms with van der Waals surface area (Å²) in [5.41, 5.74) is 11.2. The lowest BCUT2D eigenvalue weighted by Gasteiger charge is -2.26. The molecule has 4 N–H and O–H groups in total. The second kappa shape index (κ2) is 14.3. The predicted octanol–water partition coefficient (Wildman–Crippen LogP) is 2.75. The van der Waals surface area contributed by atoms with Gasteiger partial charge >= 0.3 is 0 Å². The first-order valence-electron chi connectivity index (χ1n) is 14.6. The Balaban J connectivity index is 0.000000257. The van der Waals surface area contributed by atoms with Crippen LogP contribution in [-0.2, 0) is 52.2 Å². The SMILES string of the molecule is CCc1cc(S(=O)(=O)C2CCC2)c(S(C)(=O)=O)cc1C(=O)Cl.CCc1cc(S(=O)(=O)C2CCC2)c(S(C)(=O)=O)cc1C(=O)N=C(N)N. The van der Waals surface area contributed by atoms with Gasteiger partial charge in [-0.1, -0.05) is 26.7 Å². The summed E-state index contributed by atoms with van der Waals surface area (Å²) in [5.74, 6) is -1.27. The molecule has 2 fully saturated rings. The highest BCUT2D eigenvalue weighted by molar-refractivity contribution is 7.95. The second-order valence-electron chi connectivity index (χ2n) is 11.5. The molecule has 0 radical (unpaired) electrons. The van der Waals surface area contributed by atoms with Crippen molar-refractivity contribution in [3.05, 3.63) is 46.5 Å². The number of rotatable bonds is 10. The highest BCUT2D eigenvalue weighted by Crippen LogP contribution is 2.37. The molecule has 0 aromatic heterocycles. The van der Waals surface area contributed by atoms with Gasteiger partial charge < -0.3 is 11.5 Å². The standard InChI is InChI=1S/C15H21N3O5S2.C14H17ClO5S2/c1-3-9-7-13(25(22,23)10-5-4-6-10)12(24(2,20)21)8-11(9)14(19)18-15(16)17;1-3-9-7-13(22(19,20)10-5-4-6-10)12(21(2,17)18)8-11(9)14(15)16/h7-8,10H,3-6H2,1-2H3,(H4,16,17,18,19);7-8,10H,3-6H2,1-2H3. The molecule has 2 aromatic carbocycles. The first-order chi connectivity index (χ1) is 21.6. The molecular weight excluding hydrogens is 714 g/mol. The number of sulfone groups is 4. The van der Waals surface area contributed by atoms with Gasteiger partial charge in [0.25, 0.3) is 11.1 Å². The lowest BCUT2D eigenvalue weighted by Crippen LogP contribution is -2.30. The number of halogens is 1. The van der Waals surface area contributed by atoms with Crippen molar-refractivity contribution in [2.75, 3.05) is 12.5 Å². The minimum absolute atomic E-state index is 0.0242. The number of hydrogen-bond acceptors (Lipinski definition) is 10.